The fourth-order valence-electron chi connectivity index (χ4n) is 1.90. The van der Waals surface area contributed by atoms with E-state index < -0.39 is 16.5 Å². The standard InChI is InChI=1S/C10H25NSi2/c1-8-9-10-11(12(2,3)4)13(5,6)7/h8H,1,9-10H2,2-7H3. The highest BCUT2D eigenvalue weighted by molar-refractivity contribution is 6.89. The van der Waals surface area contributed by atoms with Crippen LogP contribution in [0.15, 0.2) is 12.7 Å². The highest BCUT2D eigenvalue weighted by Crippen LogP contribution is 2.19. The molecule has 1 nitrogen and oxygen atoms in total. The van der Waals surface area contributed by atoms with Crippen molar-refractivity contribution in [3.05, 3.63) is 12.7 Å². The highest BCUT2D eigenvalue weighted by Gasteiger charge is 2.33. The molecule has 78 valence electrons. The minimum Gasteiger partial charge on any atom is -0.346 e. The van der Waals surface area contributed by atoms with Crippen molar-refractivity contribution < 1.29 is 0 Å². The molecule has 0 aliphatic heterocycles. The Bertz CT molecular complexity index is 151. The smallest absolute Gasteiger partial charge is 0.112 e. The zero-order chi connectivity index (χ0) is 10.7. The van der Waals surface area contributed by atoms with E-state index in [0.29, 0.717) is 0 Å². The summed E-state index contributed by atoms with van der Waals surface area (Å²) in [5.41, 5.74) is 0. The average molecular weight is 215 g/mol. The molecule has 3 heteroatoms. The molecule has 0 aromatic carbocycles. The van der Waals surface area contributed by atoms with E-state index in [1.807, 2.05) is 6.08 Å². The summed E-state index contributed by atoms with van der Waals surface area (Å²) in [6, 6.07) is 0. The fourth-order valence-corrected chi connectivity index (χ4v) is 11.5. The maximum Gasteiger partial charge on any atom is 0.112 e. The van der Waals surface area contributed by atoms with Crippen molar-refractivity contribution in [2.45, 2.75) is 45.7 Å². The van der Waals surface area contributed by atoms with E-state index >= 15 is 0 Å². The van der Waals surface area contributed by atoms with Gasteiger partial charge in [0.15, 0.2) is 0 Å². The third-order valence-corrected chi connectivity index (χ3v) is 9.89. The summed E-state index contributed by atoms with van der Waals surface area (Å²) >= 11 is 0. The Morgan fingerprint density at radius 2 is 1.38 bits per heavy atom. The van der Waals surface area contributed by atoms with Gasteiger partial charge in [-0.1, -0.05) is 45.4 Å². The van der Waals surface area contributed by atoms with Crippen molar-refractivity contribution in [1.29, 1.82) is 0 Å². The van der Waals surface area contributed by atoms with Crippen molar-refractivity contribution in [3.8, 4) is 0 Å². The van der Waals surface area contributed by atoms with Crippen LogP contribution in [0.1, 0.15) is 6.42 Å². The lowest BCUT2D eigenvalue weighted by Crippen LogP contribution is -2.59. The normalized spacial score (nSPS) is 13.5. The van der Waals surface area contributed by atoms with Gasteiger partial charge in [-0.05, 0) is 13.0 Å². The Kier molecular flexibility index (Phi) is 4.62. The third-order valence-electron chi connectivity index (χ3n) is 2.18. The number of nitrogens with zero attached hydrogens (tertiary/aromatic N) is 1. The molecule has 0 fully saturated rings. The minimum absolute atomic E-state index is 1.11. The lowest BCUT2D eigenvalue weighted by Gasteiger charge is -2.43. The van der Waals surface area contributed by atoms with E-state index in [2.05, 4.69) is 50.1 Å². The van der Waals surface area contributed by atoms with Crippen LogP contribution < -0.4 is 0 Å². The quantitative estimate of drug-likeness (QED) is 0.501. The Morgan fingerprint density at radius 1 is 1.00 bits per heavy atom. The van der Waals surface area contributed by atoms with E-state index in [9.17, 15) is 0 Å². The topological polar surface area (TPSA) is 3.24 Å². The van der Waals surface area contributed by atoms with Crippen LogP contribution in [-0.2, 0) is 0 Å². The van der Waals surface area contributed by atoms with Gasteiger partial charge in [0.1, 0.15) is 16.5 Å². The SMILES string of the molecule is C=CCCN([Si](C)(C)C)[Si](C)(C)C. The molecular weight excluding hydrogens is 190 g/mol. The number of rotatable bonds is 5. The van der Waals surface area contributed by atoms with Gasteiger partial charge in [0.2, 0.25) is 0 Å². The summed E-state index contributed by atoms with van der Waals surface area (Å²) in [7, 11) is -2.22. The molecule has 0 aromatic rings. The molecule has 0 saturated heterocycles. The van der Waals surface area contributed by atoms with Crippen LogP contribution in [0.25, 0.3) is 0 Å². The highest BCUT2D eigenvalue weighted by atomic mass is 28.4. The molecule has 0 N–H and O–H groups in total. The summed E-state index contributed by atoms with van der Waals surface area (Å²) in [4.78, 5) is 0. The van der Waals surface area contributed by atoms with Crippen molar-refractivity contribution >= 4 is 16.5 Å². The van der Waals surface area contributed by atoms with Crippen LogP contribution in [0.5, 0.6) is 0 Å². The van der Waals surface area contributed by atoms with Crippen molar-refractivity contribution in [1.82, 2.24) is 4.23 Å². The predicted octanol–water partition coefficient (Wildman–Crippen LogP) is 3.53. The summed E-state index contributed by atoms with van der Waals surface area (Å²) in [5.74, 6) is 0. The lowest BCUT2D eigenvalue weighted by molar-refractivity contribution is 0.620. The van der Waals surface area contributed by atoms with Gasteiger partial charge in [-0.15, -0.1) is 6.58 Å². The first kappa shape index (κ1) is 13.1. The minimum atomic E-state index is -1.11. The Hall–Kier alpha value is 0.134. The van der Waals surface area contributed by atoms with Crippen molar-refractivity contribution in [2.75, 3.05) is 6.54 Å². The molecule has 0 unspecified atom stereocenters. The molecule has 0 rings (SSSR count). The second-order valence-corrected chi connectivity index (χ2v) is 15.8. The largest absolute Gasteiger partial charge is 0.346 e. The molecule has 0 atom stereocenters. The van der Waals surface area contributed by atoms with Gasteiger partial charge in [-0.2, -0.15) is 0 Å². The van der Waals surface area contributed by atoms with Gasteiger partial charge in [0.05, 0.1) is 0 Å². The number of hydrogen-bond donors (Lipinski definition) is 0. The maximum atomic E-state index is 3.80. The van der Waals surface area contributed by atoms with Gasteiger partial charge in [-0.25, -0.2) is 0 Å². The first-order chi connectivity index (χ1) is 5.69. The van der Waals surface area contributed by atoms with Crippen molar-refractivity contribution in [3.63, 3.8) is 0 Å². The van der Waals surface area contributed by atoms with E-state index in [4.69, 9.17) is 0 Å². The molecule has 0 bridgehead atoms. The summed E-state index contributed by atoms with van der Waals surface area (Å²) in [5, 5.41) is 0. The summed E-state index contributed by atoms with van der Waals surface area (Å²) in [6.45, 7) is 19.7. The van der Waals surface area contributed by atoms with Crippen molar-refractivity contribution in [2.24, 2.45) is 0 Å². The zero-order valence-electron chi connectivity index (χ0n) is 10.1. The van der Waals surface area contributed by atoms with Crippen LogP contribution in [0.4, 0.5) is 0 Å². The molecule has 13 heavy (non-hydrogen) atoms. The molecule has 0 heterocycles. The zero-order valence-corrected chi connectivity index (χ0v) is 12.1. The molecule has 0 aliphatic carbocycles. The first-order valence-corrected chi connectivity index (χ1v) is 12.0. The Balaban J connectivity index is 4.47. The Labute approximate surface area is 86.0 Å². The lowest BCUT2D eigenvalue weighted by atomic mass is 10.4. The molecule has 0 aliphatic rings. The average Bonchev–Trinajstić information content (AvgIpc) is 1.81. The van der Waals surface area contributed by atoms with E-state index in [-0.39, 0.29) is 0 Å². The van der Waals surface area contributed by atoms with Crippen LogP contribution >= 0.6 is 0 Å². The number of hydrogen-bond acceptors (Lipinski definition) is 1. The molecular formula is C10H25NSi2. The van der Waals surface area contributed by atoms with E-state index in [1.54, 1.807) is 0 Å². The molecule has 0 aromatic heterocycles. The maximum absolute atomic E-state index is 3.80. The monoisotopic (exact) mass is 215 g/mol. The third kappa shape index (κ3) is 4.79. The summed E-state index contributed by atoms with van der Waals surface area (Å²) in [6.07, 6.45) is 3.17. The molecule has 0 radical (unpaired) electrons. The molecule has 0 spiro atoms. The Morgan fingerprint density at radius 3 is 1.62 bits per heavy atom. The second-order valence-electron chi connectivity index (χ2n) is 5.57. The van der Waals surface area contributed by atoms with Crippen LogP contribution in [-0.4, -0.2) is 27.2 Å². The summed E-state index contributed by atoms with van der Waals surface area (Å²) < 4.78 is 2.79. The van der Waals surface area contributed by atoms with Crippen LogP contribution in [0.3, 0.4) is 0 Å². The van der Waals surface area contributed by atoms with Gasteiger partial charge >= 0.3 is 0 Å². The van der Waals surface area contributed by atoms with Crippen LogP contribution in [0.2, 0.25) is 39.3 Å². The fraction of sp³-hybridized carbons (Fsp3) is 0.800. The predicted molar refractivity (Wildman–Crippen MR) is 68.2 cm³/mol. The van der Waals surface area contributed by atoms with E-state index in [0.717, 1.165) is 6.42 Å². The second kappa shape index (κ2) is 4.57. The van der Waals surface area contributed by atoms with Gasteiger partial charge in [-0.3, -0.25) is 0 Å². The van der Waals surface area contributed by atoms with E-state index in [1.165, 1.54) is 6.54 Å². The van der Waals surface area contributed by atoms with Crippen LogP contribution in [0, 0.1) is 0 Å². The van der Waals surface area contributed by atoms with Gasteiger partial charge in [0, 0.05) is 0 Å². The van der Waals surface area contributed by atoms with Gasteiger partial charge in [0.25, 0.3) is 0 Å². The molecule has 0 saturated carbocycles. The molecule has 0 amide bonds. The van der Waals surface area contributed by atoms with Gasteiger partial charge < -0.3 is 4.23 Å². The first-order valence-electron chi connectivity index (χ1n) is 5.08.